The minimum atomic E-state index is -0.241. The summed E-state index contributed by atoms with van der Waals surface area (Å²) in [5.41, 5.74) is 0. The standard InChI is InChI=1S/C14H16IN3O2S2/c1-9(2)8-21-14-18-17-13(22-14)16-12(19)7-20-11-5-3-10(15)4-6-11/h3-6,9H,7-8H2,1-2H3,(H,16,17,19). The number of nitrogens with one attached hydrogen (secondary N) is 1. The van der Waals surface area contributed by atoms with E-state index >= 15 is 0 Å². The molecule has 1 aromatic carbocycles. The topological polar surface area (TPSA) is 64.1 Å². The number of hydrogen-bond donors (Lipinski definition) is 1. The predicted molar refractivity (Wildman–Crippen MR) is 98.8 cm³/mol. The third-order valence-electron chi connectivity index (χ3n) is 2.38. The summed E-state index contributed by atoms with van der Waals surface area (Å²) in [6, 6.07) is 7.52. The van der Waals surface area contributed by atoms with Crippen molar-refractivity contribution in [3.8, 4) is 5.75 Å². The molecule has 1 aromatic heterocycles. The molecular weight excluding hydrogens is 433 g/mol. The normalized spacial score (nSPS) is 10.7. The van der Waals surface area contributed by atoms with Crippen molar-refractivity contribution < 1.29 is 9.53 Å². The fourth-order valence-electron chi connectivity index (χ4n) is 1.39. The Morgan fingerprint density at radius 1 is 1.36 bits per heavy atom. The number of anilines is 1. The maximum Gasteiger partial charge on any atom is 0.264 e. The summed E-state index contributed by atoms with van der Waals surface area (Å²) in [4.78, 5) is 11.8. The van der Waals surface area contributed by atoms with Gasteiger partial charge >= 0.3 is 0 Å². The van der Waals surface area contributed by atoms with Crippen LogP contribution in [-0.4, -0.2) is 28.5 Å². The highest BCUT2D eigenvalue weighted by molar-refractivity contribution is 14.1. The van der Waals surface area contributed by atoms with Crippen LogP contribution in [0.4, 0.5) is 5.13 Å². The van der Waals surface area contributed by atoms with Gasteiger partial charge in [-0.3, -0.25) is 10.1 Å². The van der Waals surface area contributed by atoms with E-state index in [0.717, 1.165) is 13.7 Å². The lowest BCUT2D eigenvalue weighted by molar-refractivity contribution is -0.118. The molecular formula is C14H16IN3O2S2. The lowest BCUT2D eigenvalue weighted by atomic mass is 10.3. The average Bonchev–Trinajstić information content (AvgIpc) is 2.92. The van der Waals surface area contributed by atoms with Crippen molar-refractivity contribution in [2.24, 2.45) is 5.92 Å². The lowest BCUT2D eigenvalue weighted by Gasteiger charge is -2.05. The van der Waals surface area contributed by atoms with Crippen molar-refractivity contribution in [3.05, 3.63) is 27.8 Å². The van der Waals surface area contributed by atoms with Gasteiger partial charge in [-0.2, -0.15) is 0 Å². The van der Waals surface area contributed by atoms with Crippen LogP contribution in [0.5, 0.6) is 5.75 Å². The van der Waals surface area contributed by atoms with Crippen LogP contribution in [-0.2, 0) is 4.79 Å². The Bertz CT molecular complexity index is 617. The number of thioether (sulfide) groups is 1. The summed E-state index contributed by atoms with van der Waals surface area (Å²) in [5, 5.41) is 11.2. The molecule has 0 saturated carbocycles. The quantitative estimate of drug-likeness (QED) is 0.395. The third kappa shape index (κ3) is 6.09. The first-order chi connectivity index (χ1) is 10.5. The Morgan fingerprint density at radius 2 is 2.09 bits per heavy atom. The van der Waals surface area contributed by atoms with Gasteiger partial charge in [-0.25, -0.2) is 0 Å². The Kier molecular flexibility index (Phi) is 6.90. The molecule has 118 valence electrons. The molecule has 22 heavy (non-hydrogen) atoms. The van der Waals surface area contributed by atoms with E-state index < -0.39 is 0 Å². The monoisotopic (exact) mass is 449 g/mol. The number of amides is 1. The van der Waals surface area contributed by atoms with Crippen LogP contribution < -0.4 is 10.1 Å². The number of nitrogens with zero attached hydrogens (tertiary/aromatic N) is 2. The van der Waals surface area contributed by atoms with Crippen molar-refractivity contribution >= 4 is 56.7 Å². The first kappa shape index (κ1) is 17.5. The molecule has 8 heteroatoms. The van der Waals surface area contributed by atoms with Crippen LogP contribution in [0.2, 0.25) is 0 Å². The first-order valence-electron chi connectivity index (χ1n) is 6.67. The van der Waals surface area contributed by atoms with Gasteiger partial charge < -0.3 is 4.74 Å². The maximum absolute atomic E-state index is 11.8. The molecule has 1 N–H and O–H groups in total. The van der Waals surface area contributed by atoms with E-state index in [1.165, 1.54) is 11.3 Å². The first-order valence-corrected chi connectivity index (χ1v) is 9.55. The molecule has 2 rings (SSSR count). The third-order valence-corrected chi connectivity index (χ3v) is 5.49. The van der Waals surface area contributed by atoms with Crippen molar-refractivity contribution in [1.82, 2.24) is 10.2 Å². The SMILES string of the molecule is CC(C)CSc1nnc(NC(=O)COc2ccc(I)cc2)s1. The molecule has 0 fully saturated rings. The van der Waals surface area contributed by atoms with Crippen LogP contribution in [0.3, 0.4) is 0 Å². The van der Waals surface area contributed by atoms with Crippen LogP contribution >= 0.6 is 45.7 Å². The van der Waals surface area contributed by atoms with Gasteiger partial charge in [0.15, 0.2) is 10.9 Å². The highest BCUT2D eigenvalue weighted by atomic mass is 127. The van der Waals surface area contributed by atoms with E-state index in [1.807, 2.05) is 24.3 Å². The number of rotatable bonds is 7. The average molecular weight is 449 g/mol. The Balaban J connectivity index is 1.78. The van der Waals surface area contributed by atoms with Crippen LogP contribution in [0.1, 0.15) is 13.8 Å². The number of hydrogen-bond acceptors (Lipinski definition) is 6. The van der Waals surface area contributed by atoms with Crippen molar-refractivity contribution in [1.29, 1.82) is 0 Å². The molecule has 0 saturated heterocycles. The van der Waals surface area contributed by atoms with Gasteiger partial charge in [-0.15, -0.1) is 10.2 Å². The second-order valence-electron chi connectivity index (χ2n) is 4.87. The van der Waals surface area contributed by atoms with Crippen LogP contribution in [0.25, 0.3) is 0 Å². The molecule has 0 bridgehead atoms. The van der Waals surface area contributed by atoms with Gasteiger partial charge in [-0.05, 0) is 52.8 Å². The maximum atomic E-state index is 11.8. The molecule has 0 atom stereocenters. The van der Waals surface area contributed by atoms with Gasteiger partial charge in [0.25, 0.3) is 5.91 Å². The molecule has 0 spiro atoms. The van der Waals surface area contributed by atoms with E-state index in [1.54, 1.807) is 11.8 Å². The van der Waals surface area contributed by atoms with E-state index in [9.17, 15) is 4.79 Å². The minimum Gasteiger partial charge on any atom is -0.484 e. The zero-order chi connectivity index (χ0) is 15.9. The summed E-state index contributed by atoms with van der Waals surface area (Å²) in [7, 11) is 0. The summed E-state index contributed by atoms with van der Waals surface area (Å²) in [5.74, 6) is 2.00. The molecule has 0 aliphatic rings. The lowest BCUT2D eigenvalue weighted by Crippen LogP contribution is -2.20. The number of aromatic nitrogens is 2. The van der Waals surface area contributed by atoms with Crippen molar-refractivity contribution in [2.75, 3.05) is 17.7 Å². The van der Waals surface area contributed by atoms with Gasteiger partial charge in [0.05, 0.1) is 0 Å². The highest BCUT2D eigenvalue weighted by Gasteiger charge is 2.09. The Hall–Kier alpha value is -0.870. The second-order valence-corrected chi connectivity index (χ2v) is 8.36. The minimum absolute atomic E-state index is 0.0470. The molecule has 0 radical (unpaired) electrons. The van der Waals surface area contributed by atoms with Gasteiger partial charge in [0.1, 0.15) is 5.75 Å². The van der Waals surface area contributed by atoms with Gasteiger partial charge in [0.2, 0.25) is 5.13 Å². The van der Waals surface area contributed by atoms with Crippen molar-refractivity contribution in [3.63, 3.8) is 0 Å². The van der Waals surface area contributed by atoms with E-state index in [4.69, 9.17) is 4.74 Å². The molecule has 5 nitrogen and oxygen atoms in total. The number of carbonyl (C=O) groups is 1. The number of halogens is 1. The largest absolute Gasteiger partial charge is 0.484 e. The van der Waals surface area contributed by atoms with Gasteiger partial charge in [0, 0.05) is 9.32 Å². The predicted octanol–water partition coefficient (Wildman–Crippen LogP) is 3.91. The van der Waals surface area contributed by atoms with E-state index in [2.05, 4.69) is 52.0 Å². The number of carbonyl (C=O) groups excluding carboxylic acids is 1. The van der Waals surface area contributed by atoms with E-state index in [0.29, 0.717) is 16.8 Å². The molecule has 0 aliphatic carbocycles. The van der Waals surface area contributed by atoms with E-state index in [-0.39, 0.29) is 12.5 Å². The Morgan fingerprint density at radius 3 is 2.77 bits per heavy atom. The summed E-state index contributed by atoms with van der Waals surface area (Å²) in [6.07, 6.45) is 0. The molecule has 1 amide bonds. The molecule has 2 aromatic rings. The fourth-order valence-corrected chi connectivity index (χ4v) is 3.50. The number of ether oxygens (including phenoxy) is 1. The van der Waals surface area contributed by atoms with Crippen LogP contribution in [0, 0.1) is 9.49 Å². The zero-order valence-electron chi connectivity index (χ0n) is 12.2. The molecule has 0 unspecified atom stereocenters. The molecule has 0 aliphatic heterocycles. The van der Waals surface area contributed by atoms with Crippen LogP contribution in [0.15, 0.2) is 28.6 Å². The van der Waals surface area contributed by atoms with Crippen molar-refractivity contribution in [2.45, 2.75) is 18.2 Å². The smallest absolute Gasteiger partial charge is 0.264 e. The number of benzene rings is 1. The summed E-state index contributed by atoms with van der Waals surface area (Å²) >= 11 is 5.24. The highest BCUT2D eigenvalue weighted by Crippen LogP contribution is 2.26. The molecule has 1 heterocycles. The summed E-state index contributed by atoms with van der Waals surface area (Å²) < 4.78 is 7.40. The fraction of sp³-hybridized carbons (Fsp3) is 0.357. The summed E-state index contributed by atoms with van der Waals surface area (Å²) in [6.45, 7) is 4.26. The Labute approximate surface area is 151 Å². The van der Waals surface area contributed by atoms with Gasteiger partial charge in [-0.1, -0.05) is 36.9 Å². The second kappa shape index (κ2) is 8.68. The zero-order valence-corrected chi connectivity index (χ0v) is 16.0.